The van der Waals surface area contributed by atoms with Gasteiger partial charge in [0.1, 0.15) is 4.90 Å². The molecule has 0 atom stereocenters. The van der Waals surface area contributed by atoms with Crippen LogP contribution in [0.25, 0.3) is 0 Å². The van der Waals surface area contributed by atoms with Crippen LogP contribution in [0.2, 0.25) is 0 Å². The zero-order chi connectivity index (χ0) is 14.8. The average molecular weight is 484 g/mol. The molecule has 0 aliphatic rings. The maximum absolute atomic E-state index is 12.5. The second-order valence-electron chi connectivity index (χ2n) is 3.97. The van der Waals surface area contributed by atoms with Gasteiger partial charge in [0.05, 0.1) is 5.69 Å². The molecule has 2 aromatic rings. The summed E-state index contributed by atoms with van der Waals surface area (Å²) >= 11 is 9.89. The second-order valence-corrected chi connectivity index (χ2v) is 7.95. The summed E-state index contributed by atoms with van der Waals surface area (Å²) in [6.07, 6.45) is 0. The van der Waals surface area contributed by atoms with E-state index < -0.39 is 10.0 Å². The van der Waals surface area contributed by atoms with Crippen LogP contribution < -0.4 is 4.72 Å². The fourth-order valence-electron chi connectivity index (χ4n) is 1.62. The highest BCUT2D eigenvalue weighted by Gasteiger charge is 2.19. The van der Waals surface area contributed by atoms with Crippen molar-refractivity contribution in [3.63, 3.8) is 0 Å². The number of nitrogens with one attached hydrogen (secondary N) is 1. The van der Waals surface area contributed by atoms with E-state index in [1.807, 2.05) is 12.1 Å². The fraction of sp³-hybridized carbons (Fsp3) is 0.0769. The number of alkyl halides is 1. The van der Waals surface area contributed by atoms with Crippen LogP contribution in [0.1, 0.15) is 5.56 Å². The molecule has 0 fully saturated rings. The third-order valence-electron chi connectivity index (χ3n) is 2.59. The Labute approximate surface area is 143 Å². The van der Waals surface area contributed by atoms with E-state index in [0.717, 1.165) is 5.56 Å². The highest BCUT2D eigenvalue weighted by Crippen LogP contribution is 2.28. The lowest BCUT2D eigenvalue weighted by molar-refractivity contribution is 0.600. The number of halogens is 3. The van der Waals surface area contributed by atoms with Crippen LogP contribution in [0.15, 0.2) is 56.3 Å². The highest BCUT2D eigenvalue weighted by molar-refractivity contribution is 9.11. The van der Waals surface area contributed by atoms with Crippen molar-refractivity contribution in [1.29, 1.82) is 0 Å². The van der Waals surface area contributed by atoms with Crippen LogP contribution in [0.5, 0.6) is 0 Å². The van der Waals surface area contributed by atoms with Crippen molar-refractivity contribution >= 4 is 63.5 Å². The molecule has 0 aromatic heterocycles. The number of hydrogen-bond acceptors (Lipinski definition) is 2. The third-order valence-corrected chi connectivity index (χ3v) is 6.05. The molecule has 2 aromatic carbocycles. The zero-order valence-electron chi connectivity index (χ0n) is 10.1. The minimum atomic E-state index is -3.65. The number of rotatable bonds is 4. The molecule has 0 bridgehead atoms. The molecule has 1 N–H and O–H groups in total. The standard InChI is InChI=1S/C13H10Br3NO2S/c14-8-9-3-1-2-4-12(9)17-20(18,19)13-7-10(15)5-6-11(13)16/h1-7,17H,8H2. The molecule has 0 unspecified atom stereocenters. The summed E-state index contributed by atoms with van der Waals surface area (Å²) in [4.78, 5) is 0.191. The molecule has 3 nitrogen and oxygen atoms in total. The van der Waals surface area contributed by atoms with E-state index in [1.165, 1.54) is 0 Å². The Morgan fingerprint density at radius 3 is 2.45 bits per heavy atom. The van der Waals surface area contributed by atoms with Crippen molar-refractivity contribution in [2.24, 2.45) is 0 Å². The quantitative estimate of drug-likeness (QED) is 0.628. The first-order valence-electron chi connectivity index (χ1n) is 5.56. The Morgan fingerprint density at radius 1 is 1.05 bits per heavy atom. The zero-order valence-corrected chi connectivity index (χ0v) is 15.7. The van der Waals surface area contributed by atoms with Crippen LogP contribution in [0, 0.1) is 0 Å². The molecular formula is C13H10Br3NO2S. The molecule has 7 heteroatoms. The number of anilines is 1. The van der Waals surface area contributed by atoms with E-state index in [4.69, 9.17) is 0 Å². The summed E-state index contributed by atoms with van der Waals surface area (Å²) in [5.41, 5.74) is 1.44. The second kappa shape index (κ2) is 6.60. The van der Waals surface area contributed by atoms with Gasteiger partial charge in [-0.1, -0.05) is 50.1 Å². The lowest BCUT2D eigenvalue weighted by atomic mass is 10.2. The first-order chi connectivity index (χ1) is 9.44. The van der Waals surface area contributed by atoms with Crippen molar-refractivity contribution in [1.82, 2.24) is 0 Å². The summed E-state index contributed by atoms with van der Waals surface area (Å²) in [6, 6.07) is 12.3. The number of hydrogen-bond donors (Lipinski definition) is 1. The monoisotopic (exact) mass is 481 g/mol. The Balaban J connectivity index is 2.43. The first kappa shape index (κ1) is 16.0. The minimum absolute atomic E-state index is 0.191. The van der Waals surface area contributed by atoms with Crippen LogP contribution in [0.3, 0.4) is 0 Å². The van der Waals surface area contributed by atoms with E-state index in [1.54, 1.807) is 30.3 Å². The van der Waals surface area contributed by atoms with Crippen molar-refractivity contribution in [3.8, 4) is 0 Å². The van der Waals surface area contributed by atoms with Crippen molar-refractivity contribution in [3.05, 3.63) is 57.0 Å². The summed E-state index contributed by atoms with van der Waals surface area (Å²) < 4.78 is 28.8. The van der Waals surface area contributed by atoms with Gasteiger partial charge in [0, 0.05) is 14.3 Å². The topological polar surface area (TPSA) is 46.2 Å². The van der Waals surface area contributed by atoms with Gasteiger partial charge in [-0.3, -0.25) is 4.72 Å². The van der Waals surface area contributed by atoms with Crippen molar-refractivity contribution < 1.29 is 8.42 Å². The van der Waals surface area contributed by atoms with Crippen molar-refractivity contribution in [2.75, 3.05) is 4.72 Å². The molecule has 0 amide bonds. The van der Waals surface area contributed by atoms with E-state index in [2.05, 4.69) is 52.5 Å². The van der Waals surface area contributed by atoms with E-state index in [-0.39, 0.29) is 4.90 Å². The molecule has 0 heterocycles. The van der Waals surface area contributed by atoms with E-state index in [0.29, 0.717) is 20.0 Å². The maximum atomic E-state index is 12.5. The Kier molecular flexibility index (Phi) is 5.28. The van der Waals surface area contributed by atoms with Gasteiger partial charge in [-0.05, 0) is 45.8 Å². The number of sulfonamides is 1. The van der Waals surface area contributed by atoms with Gasteiger partial charge in [0.2, 0.25) is 0 Å². The molecule has 20 heavy (non-hydrogen) atoms. The molecule has 0 saturated carbocycles. The van der Waals surface area contributed by atoms with Gasteiger partial charge < -0.3 is 0 Å². The summed E-state index contributed by atoms with van der Waals surface area (Å²) in [7, 11) is -3.65. The molecule has 0 aliphatic heterocycles. The Bertz CT molecular complexity index is 732. The van der Waals surface area contributed by atoms with Crippen LogP contribution in [-0.4, -0.2) is 8.42 Å². The van der Waals surface area contributed by atoms with E-state index >= 15 is 0 Å². The molecule has 0 aliphatic carbocycles. The summed E-state index contributed by atoms with van der Waals surface area (Å²) in [5, 5.41) is 0.575. The molecule has 2 rings (SSSR count). The SMILES string of the molecule is O=S(=O)(Nc1ccccc1CBr)c1cc(Br)ccc1Br. The number of benzene rings is 2. The van der Waals surface area contributed by atoms with Gasteiger partial charge >= 0.3 is 0 Å². The smallest absolute Gasteiger partial charge is 0.263 e. The van der Waals surface area contributed by atoms with Crippen molar-refractivity contribution in [2.45, 2.75) is 10.2 Å². The lowest BCUT2D eigenvalue weighted by Gasteiger charge is -2.12. The van der Waals surface area contributed by atoms with Crippen LogP contribution in [0.4, 0.5) is 5.69 Å². The van der Waals surface area contributed by atoms with Gasteiger partial charge in [-0.25, -0.2) is 8.42 Å². The molecule has 0 spiro atoms. The predicted molar refractivity (Wildman–Crippen MR) is 91.7 cm³/mol. The van der Waals surface area contributed by atoms with Gasteiger partial charge in [-0.2, -0.15) is 0 Å². The maximum Gasteiger partial charge on any atom is 0.263 e. The molecule has 0 radical (unpaired) electrons. The van der Waals surface area contributed by atoms with Crippen LogP contribution >= 0.6 is 47.8 Å². The summed E-state index contributed by atoms with van der Waals surface area (Å²) in [5.74, 6) is 0. The largest absolute Gasteiger partial charge is 0.279 e. The first-order valence-corrected chi connectivity index (χ1v) is 9.75. The Morgan fingerprint density at radius 2 is 1.75 bits per heavy atom. The highest BCUT2D eigenvalue weighted by atomic mass is 79.9. The van der Waals surface area contributed by atoms with Gasteiger partial charge in [-0.15, -0.1) is 0 Å². The summed E-state index contributed by atoms with van der Waals surface area (Å²) in [6.45, 7) is 0. The fourth-order valence-corrected chi connectivity index (χ4v) is 4.71. The van der Waals surface area contributed by atoms with Crippen LogP contribution in [-0.2, 0) is 15.4 Å². The molecule has 106 valence electrons. The van der Waals surface area contributed by atoms with Gasteiger partial charge in [0.25, 0.3) is 10.0 Å². The molecule has 0 saturated heterocycles. The third kappa shape index (κ3) is 3.63. The minimum Gasteiger partial charge on any atom is -0.279 e. The predicted octanol–water partition coefficient (Wildman–Crippen LogP) is 4.91. The Hall–Kier alpha value is -0.370. The number of para-hydroxylation sites is 1. The average Bonchev–Trinajstić information content (AvgIpc) is 2.41. The lowest BCUT2D eigenvalue weighted by Crippen LogP contribution is -2.14. The van der Waals surface area contributed by atoms with E-state index in [9.17, 15) is 8.42 Å². The van der Waals surface area contributed by atoms with Gasteiger partial charge in [0.15, 0.2) is 0 Å². The molecular weight excluding hydrogens is 474 g/mol. The normalized spacial score (nSPS) is 11.3.